The molecule has 1 amide bonds. The number of nitrogens with zero attached hydrogens (tertiary/aromatic N) is 1. The predicted molar refractivity (Wildman–Crippen MR) is 110 cm³/mol. The summed E-state index contributed by atoms with van der Waals surface area (Å²) in [5, 5.41) is 3.19. The summed E-state index contributed by atoms with van der Waals surface area (Å²) in [7, 11) is -3.71. The summed E-state index contributed by atoms with van der Waals surface area (Å²) in [6.45, 7) is 3.13. The monoisotopic (exact) mass is 422 g/mol. The minimum atomic E-state index is -3.71. The van der Waals surface area contributed by atoms with E-state index >= 15 is 0 Å². The molecule has 8 heteroatoms. The fourth-order valence-corrected chi connectivity index (χ4v) is 5.00. The smallest absolute Gasteiger partial charge is 0.255 e. The number of rotatable bonds is 6. The van der Waals surface area contributed by atoms with Gasteiger partial charge in [0.2, 0.25) is 10.0 Å². The van der Waals surface area contributed by atoms with Gasteiger partial charge in [0.25, 0.3) is 5.91 Å². The number of hydrogen-bond donors (Lipinski definition) is 1. The van der Waals surface area contributed by atoms with Crippen LogP contribution in [0.15, 0.2) is 47.4 Å². The summed E-state index contributed by atoms with van der Waals surface area (Å²) in [6, 6.07) is 11.2. The third-order valence-corrected chi connectivity index (χ3v) is 6.68. The molecule has 0 unspecified atom stereocenters. The zero-order valence-corrected chi connectivity index (χ0v) is 17.2. The average molecular weight is 423 g/mol. The highest BCUT2D eigenvalue weighted by atomic mass is 35.5. The lowest BCUT2D eigenvalue weighted by atomic mass is 10.2. The number of anilines is 1. The van der Waals surface area contributed by atoms with Crippen molar-refractivity contribution in [3.63, 3.8) is 0 Å². The second-order valence-electron chi connectivity index (χ2n) is 6.52. The molecule has 3 rings (SSSR count). The van der Waals surface area contributed by atoms with Gasteiger partial charge in [0.05, 0.1) is 6.61 Å². The molecule has 1 fully saturated rings. The molecule has 0 aromatic heterocycles. The molecular weight excluding hydrogens is 400 g/mol. The lowest BCUT2D eigenvalue weighted by molar-refractivity contribution is 0.102. The van der Waals surface area contributed by atoms with Crippen LogP contribution >= 0.6 is 11.6 Å². The van der Waals surface area contributed by atoms with E-state index in [0.29, 0.717) is 36.0 Å². The van der Waals surface area contributed by atoms with Gasteiger partial charge in [0, 0.05) is 29.4 Å². The van der Waals surface area contributed by atoms with Crippen LogP contribution in [0.2, 0.25) is 5.02 Å². The van der Waals surface area contributed by atoms with Gasteiger partial charge in [-0.05, 0) is 56.2 Å². The van der Waals surface area contributed by atoms with Crippen molar-refractivity contribution in [2.24, 2.45) is 0 Å². The van der Waals surface area contributed by atoms with E-state index in [4.69, 9.17) is 16.3 Å². The number of carbonyl (C=O) groups excluding carboxylic acids is 1. The molecular formula is C20H23ClN2O4S. The number of sulfonamides is 1. The maximum atomic E-state index is 13.2. The van der Waals surface area contributed by atoms with Crippen LogP contribution in [0.5, 0.6) is 5.75 Å². The number of amides is 1. The van der Waals surface area contributed by atoms with Gasteiger partial charge >= 0.3 is 0 Å². The van der Waals surface area contributed by atoms with E-state index < -0.39 is 10.0 Å². The highest BCUT2D eigenvalue weighted by molar-refractivity contribution is 7.89. The minimum Gasteiger partial charge on any atom is -0.492 e. The number of piperidine rings is 1. The second kappa shape index (κ2) is 8.94. The van der Waals surface area contributed by atoms with Crippen molar-refractivity contribution in [2.45, 2.75) is 31.1 Å². The average Bonchev–Trinajstić information content (AvgIpc) is 2.70. The van der Waals surface area contributed by atoms with Gasteiger partial charge in [-0.15, -0.1) is 0 Å². The Bertz CT molecular complexity index is 956. The molecule has 1 saturated heterocycles. The van der Waals surface area contributed by atoms with E-state index in [1.807, 2.05) is 0 Å². The van der Waals surface area contributed by atoms with Gasteiger partial charge in [-0.2, -0.15) is 4.31 Å². The summed E-state index contributed by atoms with van der Waals surface area (Å²) >= 11 is 5.94. The van der Waals surface area contributed by atoms with Crippen LogP contribution in [0.3, 0.4) is 0 Å². The Labute approximate surface area is 170 Å². The Hall–Kier alpha value is -2.09. The first-order valence-electron chi connectivity index (χ1n) is 9.25. The van der Waals surface area contributed by atoms with Crippen LogP contribution in [0.4, 0.5) is 5.69 Å². The Morgan fingerprint density at radius 3 is 2.57 bits per heavy atom. The van der Waals surface area contributed by atoms with Gasteiger partial charge in [0.15, 0.2) is 0 Å². The molecule has 2 aromatic carbocycles. The number of benzene rings is 2. The van der Waals surface area contributed by atoms with E-state index in [1.54, 1.807) is 43.3 Å². The summed E-state index contributed by atoms with van der Waals surface area (Å²) < 4.78 is 33.3. The Kier molecular flexibility index (Phi) is 6.59. The first kappa shape index (κ1) is 20.6. The Balaban J connectivity index is 1.92. The number of hydrogen-bond acceptors (Lipinski definition) is 4. The molecule has 1 aliphatic rings. The molecule has 28 heavy (non-hydrogen) atoms. The van der Waals surface area contributed by atoms with E-state index in [9.17, 15) is 13.2 Å². The first-order valence-corrected chi connectivity index (χ1v) is 11.1. The van der Waals surface area contributed by atoms with Gasteiger partial charge in [-0.3, -0.25) is 4.79 Å². The molecule has 6 nitrogen and oxygen atoms in total. The number of nitrogens with one attached hydrogen (secondary N) is 1. The molecule has 0 aliphatic carbocycles. The molecule has 1 aliphatic heterocycles. The van der Waals surface area contributed by atoms with Crippen molar-refractivity contribution in [3.8, 4) is 5.75 Å². The third kappa shape index (κ3) is 4.66. The Morgan fingerprint density at radius 1 is 1.14 bits per heavy atom. The third-order valence-electron chi connectivity index (χ3n) is 4.52. The molecule has 150 valence electrons. The number of carbonyl (C=O) groups is 1. The summed E-state index contributed by atoms with van der Waals surface area (Å²) in [6.07, 6.45) is 2.71. The van der Waals surface area contributed by atoms with Crippen LogP contribution in [0.1, 0.15) is 36.5 Å². The molecule has 0 bridgehead atoms. The van der Waals surface area contributed by atoms with Crippen molar-refractivity contribution in [1.29, 1.82) is 0 Å². The molecule has 0 saturated carbocycles. The van der Waals surface area contributed by atoms with Gasteiger partial charge in [-0.25, -0.2) is 8.42 Å². The lowest BCUT2D eigenvalue weighted by Gasteiger charge is -2.27. The van der Waals surface area contributed by atoms with Gasteiger partial charge < -0.3 is 10.1 Å². The van der Waals surface area contributed by atoms with E-state index in [-0.39, 0.29) is 16.6 Å². The van der Waals surface area contributed by atoms with E-state index in [2.05, 4.69) is 5.32 Å². The zero-order valence-electron chi connectivity index (χ0n) is 15.7. The highest BCUT2D eigenvalue weighted by Crippen LogP contribution is 2.31. The molecule has 0 atom stereocenters. The van der Waals surface area contributed by atoms with Gasteiger partial charge in [0.1, 0.15) is 10.6 Å². The quantitative estimate of drug-likeness (QED) is 0.758. The standard InChI is InChI=1S/C20H23ClN2O4S/c1-2-27-18-10-9-17(22-20(24)15-7-6-8-16(21)13-15)14-19(18)28(25,26)23-11-4-3-5-12-23/h6-10,13-14H,2-5,11-12H2,1H3,(H,22,24). The van der Waals surface area contributed by atoms with Crippen molar-refractivity contribution < 1.29 is 17.9 Å². The summed E-state index contributed by atoms with van der Waals surface area (Å²) in [5.41, 5.74) is 0.769. The maximum Gasteiger partial charge on any atom is 0.255 e. The second-order valence-corrected chi connectivity index (χ2v) is 8.87. The van der Waals surface area contributed by atoms with Crippen LogP contribution < -0.4 is 10.1 Å². The van der Waals surface area contributed by atoms with Crippen molar-refractivity contribution in [2.75, 3.05) is 25.0 Å². The summed E-state index contributed by atoms with van der Waals surface area (Å²) in [4.78, 5) is 12.5. The van der Waals surface area contributed by atoms with E-state index in [0.717, 1.165) is 19.3 Å². The lowest BCUT2D eigenvalue weighted by Crippen LogP contribution is -2.35. The highest BCUT2D eigenvalue weighted by Gasteiger charge is 2.29. The van der Waals surface area contributed by atoms with Crippen molar-refractivity contribution in [3.05, 3.63) is 53.1 Å². The maximum absolute atomic E-state index is 13.2. The molecule has 0 spiro atoms. The normalized spacial score (nSPS) is 15.2. The van der Waals surface area contributed by atoms with Crippen LogP contribution in [0, 0.1) is 0 Å². The molecule has 0 radical (unpaired) electrons. The van der Waals surface area contributed by atoms with Crippen LogP contribution in [-0.4, -0.2) is 38.3 Å². The van der Waals surface area contributed by atoms with Crippen molar-refractivity contribution >= 4 is 33.2 Å². The predicted octanol–water partition coefficient (Wildman–Crippen LogP) is 4.17. The fourth-order valence-electron chi connectivity index (χ4n) is 3.14. The summed E-state index contributed by atoms with van der Waals surface area (Å²) in [5.74, 6) is -0.0817. The SMILES string of the molecule is CCOc1ccc(NC(=O)c2cccc(Cl)c2)cc1S(=O)(=O)N1CCCCC1. The molecule has 2 aromatic rings. The molecule has 1 N–H and O–H groups in total. The Morgan fingerprint density at radius 2 is 1.89 bits per heavy atom. The minimum absolute atomic E-state index is 0.0696. The number of ether oxygens (including phenoxy) is 1. The van der Waals surface area contributed by atoms with Crippen LogP contribution in [-0.2, 0) is 10.0 Å². The fraction of sp³-hybridized carbons (Fsp3) is 0.350. The number of halogens is 1. The topological polar surface area (TPSA) is 75.7 Å². The van der Waals surface area contributed by atoms with E-state index in [1.165, 1.54) is 10.4 Å². The zero-order chi connectivity index (χ0) is 20.1. The largest absolute Gasteiger partial charge is 0.492 e. The first-order chi connectivity index (χ1) is 13.4. The van der Waals surface area contributed by atoms with Gasteiger partial charge in [-0.1, -0.05) is 24.1 Å². The van der Waals surface area contributed by atoms with Crippen molar-refractivity contribution in [1.82, 2.24) is 4.31 Å². The molecule has 1 heterocycles. The van der Waals surface area contributed by atoms with Crippen LogP contribution in [0.25, 0.3) is 0 Å².